The average molecular weight is 414 g/mol. The molecule has 0 spiro atoms. The first-order valence-electron chi connectivity index (χ1n) is 12.4. The molecule has 7 atom stereocenters. The summed E-state index contributed by atoms with van der Waals surface area (Å²) >= 11 is 0. The van der Waals surface area contributed by atoms with Crippen molar-refractivity contribution in [3.05, 3.63) is 35.5 Å². The molecular weight excluding hydrogens is 370 g/mol. The lowest BCUT2D eigenvalue weighted by molar-refractivity contribution is 0.0816. The zero-order valence-corrected chi connectivity index (χ0v) is 19.4. The van der Waals surface area contributed by atoms with E-state index in [0.717, 1.165) is 28.9 Å². The molecule has 3 heteroatoms. The van der Waals surface area contributed by atoms with Gasteiger partial charge in [0.15, 0.2) is 0 Å². The molecule has 0 bridgehead atoms. The summed E-state index contributed by atoms with van der Waals surface area (Å²) in [5, 5.41) is 20.2. The zero-order valence-electron chi connectivity index (χ0n) is 19.4. The Morgan fingerprint density at radius 3 is 2.77 bits per heavy atom. The van der Waals surface area contributed by atoms with Gasteiger partial charge in [-0.15, -0.1) is 0 Å². The number of nitrogens with zero attached hydrogens (tertiary/aromatic N) is 1. The fraction of sp³-hybridized carbons (Fsp3) is 0.778. The van der Waals surface area contributed by atoms with Crippen LogP contribution < -0.4 is 0 Å². The first-order valence-corrected chi connectivity index (χ1v) is 12.4. The van der Waals surface area contributed by atoms with Crippen LogP contribution in [0, 0.1) is 29.1 Å². The van der Waals surface area contributed by atoms with Crippen molar-refractivity contribution in [2.24, 2.45) is 29.1 Å². The Morgan fingerprint density at radius 1 is 1.23 bits per heavy atom. The standard InChI is InChI=1S/C27H43NO2/c1-18-11-13-28(16-18)17-19(2)24-9-10-25-21(6-5-12-27(24,25)4)7-8-22-14-23(29)15-26(30)20(22)3/h7-8,18-19,23-26,29-30H,3,5-6,9-17H2,1-2,4H3/b21-7+,22-8+/t18-,19+,23?,24+,25-,26?,27+/m0/s1. The molecule has 4 fully saturated rings. The third kappa shape index (κ3) is 4.36. The molecule has 0 radical (unpaired) electrons. The lowest BCUT2D eigenvalue weighted by atomic mass is 9.61. The van der Waals surface area contributed by atoms with E-state index in [1.807, 2.05) is 0 Å². The van der Waals surface area contributed by atoms with E-state index in [1.54, 1.807) is 5.57 Å². The topological polar surface area (TPSA) is 43.7 Å². The largest absolute Gasteiger partial charge is 0.393 e. The van der Waals surface area contributed by atoms with Crippen molar-refractivity contribution in [2.45, 2.75) is 84.3 Å². The van der Waals surface area contributed by atoms with Crippen molar-refractivity contribution in [1.29, 1.82) is 0 Å². The summed E-state index contributed by atoms with van der Waals surface area (Å²) in [5.74, 6) is 3.15. The molecule has 4 aliphatic rings. The third-order valence-corrected chi connectivity index (χ3v) is 9.04. The second-order valence-corrected chi connectivity index (χ2v) is 11.3. The highest BCUT2D eigenvalue weighted by Gasteiger charge is 2.50. The molecule has 2 unspecified atom stereocenters. The van der Waals surface area contributed by atoms with Gasteiger partial charge in [0.2, 0.25) is 0 Å². The molecule has 1 heterocycles. The molecule has 0 aromatic heterocycles. The van der Waals surface area contributed by atoms with Crippen molar-refractivity contribution in [3.8, 4) is 0 Å². The van der Waals surface area contributed by atoms with E-state index in [9.17, 15) is 10.2 Å². The molecule has 168 valence electrons. The van der Waals surface area contributed by atoms with Gasteiger partial charge in [0.25, 0.3) is 0 Å². The zero-order chi connectivity index (χ0) is 21.5. The first kappa shape index (κ1) is 22.3. The Labute approximate surface area is 183 Å². The summed E-state index contributed by atoms with van der Waals surface area (Å²) < 4.78 is 0. The number of fused-ring (bicyclic) bond motifs is 1. The summed E-state index contributed by atoms with van der Waals surface area (Å²) in [4.78, 5) is 2.71. The van der Waals surface area contributed by atoms with Crippen LogP contribution in [0.15, 0.2) is 35.5 Å². The number of hydrogen-bond donors (Lipinski definition) is 2. The van der Waals surface area contributed by atoms with Crippen LogP contribution in [0.1, 0.15) is 72.1 Å². The van der Waals surface area contributed by atoms with Crippen LogP contribution in [0.2, 0.25) is 0 Å². The van der Waals surface area contributed by atoms with E-state index in [0.29, 0.717) is 24.2 Å². The molecular formula is C27H43NO2. The van der Waals surface area contributed by atoms with Gasteiger partial charge in [0.1, 0.15) is 0 Å². The number of aliphatic hydroxyl groups is 2. The van der Waals surface area contributed by atoms with Gasteiger partial charge >= 0.3 is 0 Å². The molecule has 2 N–H and O–H groups in total. The highest BCUT2D eigenvalue weighted by Crippen LogP contribution is 2.59. The van der Waals surface area contributed by atoms with E-state index in [1.165, 1.54) is 58.2 Å². The van der Waals surface area contributed by atoms with Crippen molar-refractivity contribution in [2.75, 3.05) is 19.6 Å². The van der Waals surface area contributed by atoms with Crippen LogP contribution in [-0.4, -0.2) is 47.0 Å². The minimum atomic E-state index is -0.597. The van der Waals surface area contributed by atoms with Crippen LogP contribution >= 0.6 is 0 Å². The molecule has 4 rings (SSSR count). The molecule has 30 heavy (non-hydrogen) atoms. The predicted octanol–water partition coefficient (Wildman–Crippen LogP) is 5.11. The number of aliphatic hydroxyl groups excluding tert-OH is 2. The van der Waals surface area contributed by atoms with E-state index in [4.69, 9.17) is 0 Å². The van der Waals surface area contributed by atoms with Crippen LogP contribution in [-0.2, 0) is 0 Å². The highest BCUT2D eigenvalue weighted by molar-refractivity contribution is 5.38. The SMILES string of the molecule is C=C1/C(=C/C=C2\CCC[C@]3(C)[C@@H]([C@H](C)CN4CC[C@H](C)C4)CC[C@@H]23)CC(O)CC1O. The van der Waals surface area contributed by atoms with Gasteiger partial charge in [-0.25, -0.2) is 0 Å². The maximum absolute atomic E-state index is 10.2. The number of allylic oxidation sites excluding steroid dienone is 3. The highest BCUT2D eigenvalue weighted by atomic mass is 16.3. The first-order chi connectivity index (χ1) is 14.3. The van der Waals surface area contributed by atoms with Gasteiger partial charge in [-0.3, -0.25) is 0 Å². The number of hydrogen-bond acceptors (Lipinski definition) is 3. The molecule has 0 amide bonds. The summed E-state index contributed by atoms with van der Waals surface area (Å²) in [5.41, 5.74) is 3.86. The quantitative estimate of drug-likeness (QED) is 0.673. The van der Waals surface area contributed by atoms with Crippen molar-refractivity contribution in [1.82, 2.24) is 4.90 Å². The molecule has 1 aliphatic heterocycles. The average Bonchev–Trinajstić information content (AvgIpc) is 3.25. The van der Waals surface area contributed by atoms with Crippen LogP contribution in [0.25, 0.3) is 0 Å². The smallest absolute Gasteiger partial charge is 0.0811 e. The van der Waals surface area contributed by atoms with Gasteiger partial charge in [0, 0.05) is 19.5 Å². The minimum Gasteiger partial charge on any atom is -0.393 e. The third-order valence-electron chi connectivity index (χ3n) is 9.04. The van der Waals surface area contributed by atoms with Gasteiger partial charge in [-0.2, -0.15) is 0 Å². The normalized spacial score (nSPS) is 44.0. The second-order valence-electron chi connectivity index (χ2n) is 11.3. The van der Waals surface area contributed by atoms with Crippen LogP contribution in [0.4, 0.5) is 0 Å². The maximum atomic E-state index is 10.2. The van der Waals surface area contributed by atoms with Crippen molar-refractivity contribution in [3.63, 3.8) is 0 Å². The lowest BCUT2D eigenvalue weighted by Gasteiger charge is -2.45. The van der Waals surface area contributed by atoms with E-state index in [-0.39, 0.29) is 0 Å². The van der Waals surface area contributed by atoms with Gasteiger partial charge in [-0.05, 0) is 91.7 Å². The number of rotatable bonds is 4. The minimum absolute atomic E-state index is 0.419. The van der Waals surface area contributed by atoms with Crippen molar-refractivity contribution < 1.29 is 10.2 Å². The fourth-order valence-corrected chi connectivity index (χ4v) is 7.41. The Hall–Kier alpha value is -0.900. The predicted molar refractivity (Wildman–Crippen MR) is 124 cm³/mol. The Bertz CT molecular complexity index is 710. The summed E-state index contributed by atoms with van der Waals surface area (Å²) in [6, 6.07) is 0. The molecule has 1 saturated heterocycles. The molecule has 3 aliphatic carbocycles. The van der Waals surface area contributed by atoms with Crippen LogP contribution in [0.3, 0.4) is 0 Å². The number of likely N-dealkylation sites (tertiary alicyclic amines) is 1. The Balaban J connectivity index is 1.47. The Kier molecular flexibility index (Phi) is 6.63. The Morgan fingerprint density at radius 2 is 2.03 bits per heavy atom. The van der Waals surface area contributed by atoms with E-state index < -0.39 is 12.2 Å². The lowest BCUT2D eigenvalue weighted by Crippen LogP contribution is -2.39. The van der Waals surface area contributed by atoms with E-state index in [2.05, 4.69) is 44.4 Å². The second kappa shape index (κ2) is 8.92. The van der Waals surface area contributed by atoms with Gasteiger partial charge < -0.3 is 15.1 Å². The van der Waals surface area contributed by atoms with E-state index >= 15 is 0 Å². The van der Waals surface area contributed by atoms with Gasteiger partial charge in [-0.1, -0.05) is 45.1 Å². The van der Waals surface area contributed by atoms with Gasteiger partial charge in [0.05, 0.1) is 12.2 Å². The monoisotopic (exact) mass is 413 g/mol. The molecule has 3 saturated carbocycles. The summed E-state index contributed by atoms with van der Waals surface area (Å²) in [6.45, 7) is 15.4. The molecule has 3 nitrogen and oxygen atoms in total. The van der Waals surface area contributed by atoms with Crippen LogP contribution in [0.5, 0.6) is 0 Å². The van der Waals surface area contributed by atoms with Crippen molar-refractivity contribution >= 4 is 0 Å². The molecule has 0 aromatic rings. The maximum Gasteiger partial charge on any atom is 0.0811 e. The molecule has 0 aromatic carbocycles. The fourth-order valence-electron chi connectivity index (χ4n) is 7.41. The summed E-state index contributed by atoms with van der Waals surface area (Å²) in [6.07, 6.45) is 12.4. The summed E-state index contributed by atoms with van der Waals surface area (Å²) in [7, 11) is 0.